The van der Waals surface area contributed by atoms with E-state index in [0.717, 1.165) is 16.4 Å². The highest BCUT2D eigenvalue weighted by atomic mass is 32.2. The molecule has 0 radical (unpaired) electrons. The van der Waals surface area contributed by atoms with Gasteiger partial charge in [0, 0.05) is 5.69 Å². The van der Waals surface area contributed by atoms with Gasteiger partial charge in [-0.05, 0) is 31.0 Å². The Morgan fingerprint density at radius 3 is 2.57 bits per heavy atom. The fourth-order valence-corrected chi connectivity index (χ4v) is 3.19. The molecule has 0 unspecified atom stereocenters. The number of benzene rings is 2. The van der Waals surface area contributed by atoms with E-state index in [1.807, 2.05) is 34.9 Å². The van der Waals surface area contributed by atoms with Crippen molar-refractivity contribution in [2.45, 2.75) is 23.8 Å². The van der Waals surface area contributed by atoms with E-state index in [-0.39, 0.29) is 5.25 Å². The molecule has 0 fully saturated rings. The second kappa shape index (κ2) is 7.12. The summed E-state index contributed by atoms with van der Waals surface area (Å²) in [5, 5.41) is 18.1. The molecule has 0 spiro atoms. The van der Waals surface area contributed by atoms with E-state index in [0.29, 0.717) is 6.42 Å². The highest BCUT2D eigenvalue weighted by Gasteiger charge is 2.15. The molecule has 3 aromatic rings. The summed E-state index contributed by atoms with van der Waals surface area (Å²) in [7, 11) is 0. The fourth-order valence-electron chi connectivity index (χ4n) is 2.25. The Hall–Kier alpha value is -2.58. The summed E-state index contributed by atoms with van der Waals surface area (Å²) in [5.41, 5.74) is 3.37. The Bertz CT molecular complexity index is 803. The van der Waals surface area contributed by atoms with Gasteiger partial charge in [-0.25, -0.2) is 0 Å². The number of hydrogen-bond acceptors (Lipinski definition) is 4. The van der Waals surface area contributed by atoms with Gasteiger partial charge in [0.1, 0.15) is 11.6 Å². The lowest BCUT2D eigenvalue weighted by molar-refractivity contribution is 0.875. The highest BCUT2D eigenvalue weighted by molar-refractivity contribution is 8.00. The van der Waals surface area contributed by atoms with Crippen molar-refractivity contribution in [1.82, 2.24) is 14.8 Å². The number of aryl methyl sites for hydroxylation is 1. The minimum absolute atomic E-state index is 0.204. The first-order valence-electron chi connectivity index (χ1n) is 7.33. The van der Waals surface area contributed by atoms with Crippen LogP contribution in [0.5, 0.6) is 0 Å². The van der Waals surface area contributed by atoms with Crippen LogP contribution in [-0.2, 0) is 6.42 Å². The van der Waals surface area contributed by atoms with Crippen LogP contribution in [0.3, 0.4) is 0 Å². The van der Waals surface area contributed by atoms with E-state index < -0.39 is 0 Å². The van der Waals surface area contributed by atoms with Crippen molar-refractivity contribution < 1.29 is 0 Å². The largest absolute Gasteiger partial charge is 0.277 e. The van der Waals surface area contributed by atoms with E-state index in [4.69, 9.17) is 0 Å². The average molecular weight is 320 g/mol. The van der Waals surface area contributed by atoms with Crippen LogP contribution >= 0.6 is 11.8 Å². The first-order chi connectivity index (χ1) is 11.3. The Balaban J connectivity index is 1.77. The Kier molecular flexibility index (Phi) is 4.74. The van der Waals surface area contributed by atoms with E-state index >= 15 is 0 Å². The average Bonchev–Trinajstić information content (AvgIpc) is 3.05. The van der Waals surface area contributed by atoms with E-state index in [2.05, 4.69) is 47.5 Å². The van der Waals surface area contributed by atoms with Gasteiger partial charge in [-0.2, -0.15) is 5.26 Å². The smallest absolute Gasteiger partial charge is 0.196 e. The van der Waals surface area contributed by atoms with Gasteiger partial charge in [-0.15, -0.1) is 10.2 Å². The van der Waals surface area contributed by atoms with Crippen molar-refractivity contribution in [3.05, 3.63) is 72.1 Å². The molecule has 2 aromatic carbocycles. The van der Waals surface area contributed by atoms with Crippen LogP contribution in [0.2, 0.25) is 0 Å². The number of para-hydroxylation sites is 1. The zero-order valence-electron chi connectivity index (χ0n) is 12.8. The number of nitrogens with zero attached hydrogens (tertiary/aromatic N) is 4. The molecule has 23 heavy (non-hydrogen) atoms. The second-order valence-corrected chi connectivity index (χ2v) is 6.41. The molecule has 0 aliphatic heterocycles. The minimum atomic E-state index is -0.204. The normalized spacial score (nSPS) is 11.8. The monoisotopic (exact) mass is 320 g/mol. The maximum atomic E-state index is 9.47. The molecule has 1 aromatic heterocycles. The number of aromatic nitrogens is 3. The predicted molar refractivity (Wildman–Crippen MR) is 91.5 cm³/mol. The molecular formula is C18H16N4S. The van der Waals surface area contributed by atoms with Crippen LogP contribution in [-0.4, -0.2) is 20.0 Å². The molecular weight excluding hydrogens is 304 g/mol. The third-order valence-electron chi connectivity index (χ3n) is 3.48. The highest BCUT2D eigenvalue weighted by Crippen LogP contribution is 2.26. The quantitative estimate of drug-likeness (QED) is 0.671. The Morgan fingerprint density at radius 1 is 1.13 bits per heavy atom. The van der Waals surface area contributed by atoms with Crippen molar-refractivity contribution in [2.75, 3.05) is 0 Å². The molecule has 114 valence electrons. The molecule has 0 amide bonds. The number of thioether (sulfide) groups is 1. The van der Waals surface area contributed by atoms with Crippen molar-refractivity contribution >= 4 is 11.8 Å². The van der Waals surface area contributed by atoms with Crippen LogP contribution < -0.4 is 0 Å². The summed E-state index contributed by atoms with van der Waals surface area (Å²) in [6.45, 7) is 2.06. The van der Waals surface area contributed by atoms with Crippen LogP contribution in [0.15, 0.2) is 66.1 Å². The van der Waals surface area contributed by atoms with Gasteiger partial charge in [-0.3, -0.25) is 4.57 Å². The molecule has 0 aliphatic carbocycles. The van der Waals surface area contributed by atoms with E-state index in [1.165, 1.54) is 17.3 Å². The predicted octanol–water partition coefficient (Wildman–Crippen LogP) is 3.80. The molecule has 1 heterocycles. The van der Waals surface area contributed by atoms with Gasteiger partial charge in [-0.1, -0.05) is 59.8 Å². The lowest BCUT2D eigenvalue weighted by Gasteiger charge is -2.10. The first-order valence-corrected chi connectivity index (χ1v) is 8.21. The summed E-state index contributed by atoms with van der Waals surface area (Å²) in [6, 6.07) is 20.5. The lowest BCUT2D eigenvalue weighted by atomic mass is 10.1. The first kappa shape index (κ1) is 15.3. The molecule has 1 atom stereocenters. The molecule has 0 saturated carbocycles. The third-order valence-corrected chi connectivity index (χ3v) is 4.53. The Morgan fingerprint density at radius 2 is 1.87 bits per heavy atom. The van der Waals surface area contributed by atoms with Crippen LogP contribution in [0.1, 0.15) is 11.1 Å². The summed E-state index contributed by atoms with van der Waals surface area (Å²) in [5.74, 6) is 0. The third kappa shape index (κ3) is 3.79. The van der Waals surface area contributed by atoms with Gasteiger partial charge >= 0.3 is 0 Å². The van der Waals surface area contributed by atoms with Gasteiger partial charge < -0.3 is 0 Å². The van der Waals surface area contributed by atoms with Crippen molar-refractivity contribution in [3.63, 3.8) is 0 Å². The zero-order valence-corrected chi connectivity index (χ0v) is 13.6. The topological polar surface area (TPSA) is 54.5 Å². The van der Waals surface area contributed by atoms with Crippen molar-refractivity contribution in [1.29, 1.82) is 5.26 Å². The SMILES string of the molecule is Cc1ccc(C[C@H](C#N)Sc2nncn2-c2ccccc2)cc1. The summed E-state index contributed by atoms with van der Waals surface area (Å²) in [6.07, 6.45) is 2.36. The molecule has 3 rings (SSSR count). The van der Waals surface area contributed by atoms with E-state index in [1.54, 1.807) is 6.33 Å². The van der Waals surface area contributed by atoms with Gasteiger partial charge in [0.2, 0.25) is 0 Å². The molecule has 0 saturated heterocycles. The number of hydrogen-bond donors (Lipinski definition) is 0. The number of nitriles is 1. The van der Waals surface area contributed by atoms with Gasteiger partial charge in [0.25, 0.3) is 0 Å². The second-order valence-electron chi connectivity index (χ2n) is 5.24. The molecule has 5 heteroatoms. The van der Waals surface area contributed by atoms with Crippen LogP contribution in [0.25, 0.3) is 5.69 Å². The van der Waals surface area contributed by atoms with Crippen LogP contribution in [0.4, 0.5) is 0 Å². The summed E-state index contributed by atoms with van der Waals surface area (Å²) >= 11 is 1.44. The van der Waals surface area contributed by atoms with Gasteiger partial charge in [0.15, 0.2) is 5.16 Å². The van der Waals surface area contributed by atoms with Crippen molar-refractivity contribution in [3.8, 4) is 11.8 Å². The molecule has 4 nitrogen and oxygen atoms in total. The molecule has 0 aliphatic rings. The summed E-state index contributed by atoms with van der Waals surface area (Å²) in [4.78, 5) is 0. The maximum absolute atomic E-state index is 9.47. The summed E-state index contributed by atoms with van der Waals surface area (Å²) < 4.78 is 1.91. The fraction of sp³-hybridized carbons (Fsp3) is 0.167. The maximum Gasteiger partial charge on any atom is 0.196 e. The van der Waals surface area contributed by atoms with Gasteiger partial charge in [0.05, 0.1) is 6.07 Å². The minimum Gasteiger partial charge on any atom is -0.277 e. The standard InChI is InChI=1S/C18H16N4S/c1-14-7-9-15(10-8-14)11-17(12-19)23-18-21-20-13-22(18)16-5-3-2-4-6-16/h2-10,13,17H,11H2,1H3/t17-/m1/s1. The van der Waals surface area contributed by atoms with Crippen molar-refractivity contribution in [2.24, 2.45) is 0 Å². The molecule has 0 N–H and O–H groups in total. The molecule has 0 bridgehead atoms. The van der Waals surface area contributed by atoms with Crippen LogP contribution in [0, 0.1) is 18.3 Å². The number of rotatable bonds is 5. The zero-order chi connectivity index (χ0) is 16.1. The lowest BCUT2D eigenvalue weighted by Crippen LogP contribution is -2.06. The Labute approximate surface area is 139 Å². The van der Waals surface area contributed by atoms with E-state index in [9.17, 15) is 5.26 Å².